The van der Waals surface area contributed by atoms with E-state index in [0.29, 0.717) is 41.7 Å². The Morgan fingerprint density at radius 3 is 2.46 bits per heavy atom. The quantitative estimate of drug-likeness (QED) is 0.207. The molecule has 8 atom stereocenters. The lowest BCUT2D eigenvalue weighted by molar-refractivity contribution is -0.434. The van der Waals surface area contributed by atoms with Crippen molar-refractivity contribution in [2.24, 2.45) is 46.3 Å². The predicted octanol–water partition coefficient (Wildman–Crippen LogP) is 7.78. The number of rotatable bonds is 7. The maximum absolute atomic E-state index is 12.3. The highest BCUT2D eigenvalue weighted by atomic mass is 16.7. The van der Waals surface area contributed by atoms with Crippen LogP contribution in [0.15, 0.2) is 11.3 Å². The van der Waals surface area contributed by atoms with Crippen LogP contribution in [0.1, 0.15) is 105 Å². The molecule has 6 nitrogen and oxygen atoms in total. The molecule has 0 aromatic rings. The van der Waals surface area contributed by atoms with Gasteiger partial charge in [-0.2, -0.15) is 0 Å². The molecule has 4 aliphatic carbocycles. The van der Waals surface area contributed by atoms with Gasteiger partial charge in [0, 0.05) is 18.4 Å². The maximum Gasteiger partial charge on any atom is 0.508 e. The Balaban J connectivity index is 1.57. The molecular weight excluding hydrogens is 442 g/mol. The lowest BCUT2D eigenvalue weighted by Crippen LogP contribution is -2.52. The van der Waals surface area contributed by atoms with Gasteiger partial charge in [0.05, 0.1) is 12.0 Å². The van der Waals surface area contributed by atoms with Gasteiger partial charge >= 0.3 is 6.16 Å². The van der Waals surface area contributed by atoms with E-state index in [1.54, 1.807) is 0 Å². The average molecular weight is 490 g/mol. The molecule has 0 amide bonds. The third-order valence-electron chi connectivity index (χ3n) is 11.0. The number of ether oxygens (including phenoxy) is 2. The summed E-state index contributed by atoms with van der Waals surface area (Å²) in [6.45, 7) is 11.9. The van der Waals surface area contributed by atoms with E-state index in [2.05, 4.69) is 39.4 Å². The van der Waals surface area contributed by atoms with Gasteiger partial charge in [-0.3, -0.25) is 10.1 Å². The van der Waals surface area contributed by atoms with Crippen molar-refractivity contribution in [2.45, 2.75) is 111 Å². The standard InChI is InChI=1S/C29H47NO5/c1-18(2)8-7-9-19(3)22-10-11-23-21-17-26(30(32)33)25-16-20(35-27(31)34-6)12-14-29(25,5)24(21)13-15-28(22,23)4/h18-24H,7-17H2,1-6H3. The molecule has 0 aromatic heterocycles. The fourth-order valence-electron chi connectivity index (χ4n) is 9.23. The second kappa shape index (κ2) is 10.0. The Bertz CT molecular complexity index is 852. The van der Waals surface area contributed by atoms with Gasteiger partial charge in [-0.1, -0.05) is 53.9 Å². The minimum absolute atomic E-state index is 0.114. The number of nitrogens with zero attached hydrogens (tertiary/aromatic N) is 1. The highest BCUT2D eigenvalue weighted by molar-refractivity contribution is 5.60. The maximum atomic E-state index is 12.3. The summed E-state index contributed by atoms with van der Waals surface area (Å²) in [6.07, 6.45) is 10.5. The van der Waals surface area contributed by atoms with Gasteiger partial charge in [0.2, 0.25) is 5.70 Å². The van der Waals surface area contributed by atoms with Crippen LogP contribution in [0.3, 0.4) is 0 Å². The third-order valence-corrected chi connectivity index (χ3v) is 11.0. The Labute approximate surface area is 211 Å². The zero-order valence-corrected chi connectivity index (χ0v) is 22.8. The minimum Gasteiger partial charge on any atom is -0.438 e. The summed E-state index contributed by atoms with van der Waals surface area (Å²) in [4.78, 5) is 23.9. The molecule has 198 valence electrons. The number of methoxy groups -OCH3 is 1. The summed E-state index contributed by atoms with van der Waals surface area (Å²) in [5.41, 5.74) is 1.51. The fraction of sp³-hybridized carbons (Fsp3) is 0.897. The van der Waals surface area contributed by atoms with Gasteiger partial charge in [-0.25, -0.2) is 4.79 Å². The zero-order valence-electron chi connectivity index (χ0n) is 22.8. The minimum atomic E-state index is -0.691. The Morgan fingerprint density at radius 2 is 1.80 bits per heavy atom. The van der Waals surface area contributed by atoms with Crippen LogP contribution in [-0.2, 0) is 9.47 Å². The first kappa shape index (κ1) is 26.5. The second-order valence-corrected chi connectivity index (χ2v) is 13.1. The molecule has 4 rings (SSSR count). The summed E-state index contributed by atoms with van der Waals surface area (Å²) in [7, 11) is 1.31. The summed E-state index contributed by atoms with van der Waals surface area (Å²) in [6, 6.07) is 0. The van der Waals surface area contributed by atoms with Crippen molar-refractivity contribution in [3.8, 4) is 0 Å². The van der Waals surface area contributed by atoms with Crippen LogP contribution in [0.2, 0.25) is 0 Å². The van der Waals surface area contributed by atoms with E-state index in [9.17, 15) is 14.9 Å². The lowest BCUT2D eigenvalue weighted by Gasteiger charge is -2.58. The van der Waals surface area contributed by atoms with E-state index in [0.717, 1.165) is 36.2 Å². The van der Waals surface area contributed by atoms with E-state index >= 15 is 0 Å². The van der Waals surface area contributed by atoms with Crippen LogP contribution in [-0.4, -0.2) is 24.3 Å². The topological polar surface area (TPSA) is 78.7 Å². The number of hydrogen-bond acceptors (Lipinski definition) is 5. The highest BCUT2D eigenvalue weighted by Gasteiger charge is 2.61. The van der Waals surface area contributed by atoms with Crippen molar-refractivity contribution < 1.29 is 19.2 Å². The van der Waals surface area contributed by atoms with Gasteiger partial charge in [0.1, 0.15) is 6.10 Å². The van der Waals surface area contributed by atoms with E-state index in [1.807, 2.05) is 0 Å². The molecule has 35 heavy (non-hydrogen) atoms. The number of hydrogen-bond donors (Lipinski definition) is 0. The Morgan fingerprint density at radius 1 is 1.06 bits per heavy atom. The first-order chi connectivity index (χ1) is 16.5. The number of carbonyl (C=O) groups is 1. The van der Waals surface area contributed by atoms with Crippen LogP contribution in [0.4, 0.5) is 4.79 Å². The van der Waals surface area contributed by atoms with Crippen LogP contribution in [0.5, 0.6) is 0 Å². The summed E-state index contributed by atoms with van der Waals surface area (Å²) in [5, 5.41) is 12.3. The number of fused-ring (bicyclic) bond motifs is 5. The zero-order chi connectivity index (χ0) is 25.5. The normalized spacial score (nSPS) is 39.5. The number of allylic oxidation sites excluding steroid dienone is 1. The molecule has 4 aliphatic rings. The van der Waals surface area contributed by atoms with Crippen LogP contribution in [0.25, 0.3) is 0 Å². The summed E-state index contributed by atoms with van der Waals surface area (Å²) >= 11 is 0. The molecule has 0 aliphatic heterocycles. The van der Waals surface area contributed by atoms with Crippen LogP contribution < -0.4 is 0 Å². The van der Waals surface area contributed by atoms with E-state index in [1.165, 1.54) is 52.1 Å². The molecule has 0 N–H and O–H groups in total. The molecule has 0 bridgehead atoms. The Hall–Kier alpha value is -1.59. The van der Waals surface area contributed by atoms with Crippen molar-refractivity contribution >= 4 is 6.16 Å². The third kappa shape index (κ3) is 4.75. The van der Waals surface area contributed by atoms with E-state index in [4.69, 9.17) is 4.74 Å². The molecular formula is C29H47NO5. The molecule has 0 radical (unpaired) electrons. The van der Waals surface area contributed by atoms with Gasteiger partial charge in [-0.05, 0) is 84.9 Å². The van der Waals surface area contributed by atoms with Crippen LogP contribution >= 0.6 is 0 Å². The SMILES string of the molecule is COC(=O)OC1CCC2(C)C(=C([N+](=O)[O-])CC3C2CCC2(C)C(C(C)CCCC(C)C)CCC32)C1. The van der Waals surface area contributed by atoms with Crippen molar-refractivity contribution in [1.82, 2.24) is 0 Å². The largest absolute Gasteiger partial charge is 0.508 e. The van der Waals surface area contributed by atoms with Crippen molar-refractivity contribution in [3.05, 3.63) is 21.4 Å². The molecule has 3 fully saturated rings. The molecule has 0 spiro atoms. The molecule has 0 heterocycles. The van der Waals surface area contributed by atoms with Crippen molar-refractivity contribution in [1.29, 1.82) is 0 Å². The first-order valence-electron chi connectivity index (χ1n) is 14.1. The van der Waals surface area contributed by atoms with Crippen LogP contribution in [0, 0.1) is 56.5 Å². The summed E-state index contributed by atoms with van der Waals surface area (Å²) < 4.78 is 10.1. The first-order valence-corrected chi connectivity index (χ1v) is 14.1. The van der Waals surface area contributed by atoms with Gasteiger partial charge in [0.25, 0.3) is 0 Å². The van der Waals surface area contributed by atoms with E-state index < -0.39 is 6.16 Å². The van der Waals surface area contributed by atoms with Gasteiger partial charge < -0.3 is 9.47 Å². The summed E-state index contributed by atoms with van der Waals surface area (Å²) in [5.74, 6) is 3.70. The highest BCUT2D eigenvalue weighted by Crippen LogP contribution is 2.68. The smallest absolute Gasteiger partial charge is 0.438 e. The van der Waals surface area contributed by atoms with Gasteiger partial charge in [-0.15, -0.1) is 0 Å². The number of carbonyl (C=O) groups excluding carboxylic acids is 1. The van der Waals surface area contributed by atoms with E-state index in [-0.39, 0.29) is 16.4 Å². The van der Waals surface area contributed by atoms with Crippen molar-refractivity contribution in [2.75, 3.05) is 7.11 Å². The average Bonchev–Trinajstić information content (AvgIpc) is 3.15. The monoisotopic (exact) mass is 489 g/mol. The molecule has 3 saturated carbocycles. The fourth-order valence-corrected chi connectivity index (χ4v) is 9.23. The number of nitro groups is 1. The lowest BCUT2D eigenvalue weighted by atomic mass is 9.46. The van der Waals surface area contributed by atoms with Crippen molar-refractivity contribution in [3.63, 3.8) is 0 Å². The molecule has 0 saturated heterocycles. The molecule has 0 aromatic carbocycles. The second-order valence-electron chi connectivity index (χ2n) is 13.1. The predicted molar refractivity (Wildman–Crippen MR) is 136 cm³/mol. The van der Waals surface area contributed by atoms with Gasteiger partial charge in [0.15, 0.2) is 0 Å². The molecule has 8 unspecified atom stereocenters. The molecule has 6 heteroatoms. The Kier molecular flexibility index (Phi) is 7.60.